The molecule has 4 aromatic rings. The van der Waals surface area contributed by atoms with Crippen LogP contribution in [0.5, 0.6) is 0 Å². The van der Waals surface area contributed by atoms with E-state index in [-0.39, 0.29) is 24.6 Å². The van der Waals surface area contributed by atoms with Crippen molar-refractivity contribution < 1.29 is 13.6 Å². The summed E-state index contributed by atoms with van der Waals surface area (Å²) < 4.78 is 27.7. The van der Waals surface area contributed by atoms with E-state index in [4.69, 9.17) is 5.73 Å². The molecular weight excluding hydrogens is 430 g/mol. The zero-order valence-electron chi connectivity index (χ0n) is 17.2. The van der Waals surface area contributed by atoms with Crippen LogP contribution in [0.4, 0.5) is 14.7 Å². The summed E-state index contributed by atoms with van der Waals surface area (Å²) in [5.41, 5.74) is 6.79. The number of fused-ring (bicyclic) bond motifs is 1. The number of benzene rings is 2. The van der Waals surface area contributed by atoms with Crippen LogP contribution in [0.2, 0.25) is 0 Å². The Morgan fingerprint density at radius 3 is 2.79 bits per heavy atom. The van der Waals surface area contributed by atoms with Gasteiger partial charge in [0.1, 0.15) is 5.56 Å². The third-order valence-corrected chi connectivity index (χ3v) is 4.80. The average molecular weight is 448 g/mol. The van der Waals surface area contributed by atoms with Gasteiger partial charge in [0.25, 0.3) is 11.5 Å². The summed E-state index contributed by atoms with van der Waals surface area (Å²) in [6.45, 7) is 0.119. The van der Waals surface area contributed by atoms with Crippen molar-refractivity contribution in [3.8, 4) is 0 Å². The van der Waals surface area contributed by atoms with Crippen molar-refractivity contribution in [1.29, 1.82) is 0 Å². The summed E-state index contributed by atoms with van der Waals surface area (Å²) >= 11 is 0. The molecule has 10 heteroatoms. The van der Waals surface area contributed by atoms with Crippen LogP contribution in [0.25, 0.3) is 17.0 Å². The molecule has 0 aliphatic rings. The Hall–Kier alpha value is -4.47. The van der Waals surface area contributed by atoms with E-state index >= 15 is 0 Å². The number of nitrogen functional groups attached to an aromatic ring is 1. The molecule has 3 N–H and O–H groups in total. The maximum Gasteiger partial charge on any atom is 0.266 e. The number of carbonyl (C=O) groups is 1. The fourth-order valence-corrected chi connectivity index (χ4v) is 3.17. The van der Waals surface area contributed by atoms with E-state index in [0.717, 1.165) is 39.4 Å². The Morgan fingerprint density at radius 2 is 1.97 bits per heavy atom. The predicted molar refractivity (Wildman–Crippen MR) is 119 cm³/mol. The third-order valence-electron chi connectivity index (χ3n) is 4.80. The van der Waals surface area contributed by atoms with Crippen LogP contribution in [-0.2, 0) is 6.54 Å². The Balaban J connectivity index is 1.41. The Labute approximate surface area is 186 Å². The number of nitrogens with zero attached hydrogens (tertiary/aromatic N) is 4. The second kappa shape index (κ2) is 9.35. The summed E-state index contributed by atoms with van der Waals surface area (Å²) in [4.78, 5) is 37.1. The first kappa shape index (κ1) is 21.8. The lowest BCUT2D eigenvalue weighted by Crippen LogP contribution is -2.33. The first-order valence-electron chi connectivity index (χ1n) is 9.86. The van der Waals surface area contributed by atoms with Gasteiger partial charge in [-0.25, -0.2) is 23.7 Å². The number of rotatable bonds is 6. The molecule has 0 aliphatic heterocycles. The van der Waals surface area contributed by atoms with Crippen LogP contribution in [0.3, 0.4) is 0 Å². The van der Waals surface area contributed by atoms with E-state index in [0.29, 0.717) is 5.56 Å². The smallest absolute Gasteiger partial charge is 0.266 e. The second-order valence-electron chi connectivity index (χ2n) is 7.15. The second-order valence-corrected chi connectivity index (χ2v) is 7.15. The van der Waals surface area contributed by atoms with Gasteiger partial charge in [-0.3, -0.25) is 14.2 Å². The molecule has 1 amide bonds. The van der Waals surface area contributed by atoms with Gasteiger partial charge in [-0.15, -0.1) is 0 Å². The molecule has 4 rings (SSSR count). The molecule has 0 saturated carbocycles. The van der Waals surface area contributed by atoms with Gasteiger partial charge in [-0.05, 0) is 35.4 Å². The lowest BCUT2D eigenvalue weighted by Gasteiger charge is -2.08. The summed E-state index contributed by atoms with van der Waals surface area (Å²) in [6.07, 6.45) is 7.56. The topological polar surface area (TPSA) is 116 Å². The van der Waals surface area contributed by atoms with Crippen LogP contribution in [0, 0.1) is 11.6 Å². The molecule has 0 atom stereocenters. The zero-order valence-corrected chi connectivity index (χ0v) is 17.2. The zero-order chi connectivity index (χ0) is 23.4. The highest BCUT2D eigenvalue weighted by atomic mass is 19.2. The van der Waals surface area contributed by atoms with Crippen molar-refractivity contribution in [3.05, 3.63) is 99.9 Å². The number of nitrogens with two attached hydrogens (primary N) is 1. The molecule has 0 bridgehead atoms. The van der Waals surface area contributed by atoms with Gasteiger partial charge in [-0.2, -0.15) is 0 Å². The normalized spacial score (nSPS) is 11.2. The van der Waals surface area contributed by atoms with Gasteiger partial charge >= 0.3 is 0 Å². The molecule has 33 heavy (non-hydrogen) atoms. The Bertz CT molecular complexity index is 1430. The van der Waals surface area contributed by atoms with Crippen molar-refractivity contribution in [2.45, 2.75) is 6.54 Å². The lowest BCUT2D eigenvalue weighted by atomic mass is 10.1. The molecule has 166 valence electrons. The molecule has 2 aromatic heterocycles. The van der Waals surface area contributed by atoms with Crippen molar-refractivity contribution in [2.75, 3.05) is 12.3 Å². The van der Waals surface area contributed by atoms with E-state index in [1.54, 1.807) is 18.3 Å². The highest BCUT2D eigenvalue weighted by molar-refractivity contribution is 5.93. The molecule has 0 saturated heterocycles. The molecule has 0 unspecified atom stereocenters. The molecule has 2 heterocycles. The largest absolute Gasteiger partial charge is 0.368 e. The van der Waals surface area contributed by atoms with Crippen LogP contribution >= 0.6 is 0 Å². The molecular formula is C23H18F2N6O2. The summed E-state index contributed by atoms with van der Waals surface area (Å²) in [5, 5.41) is 3.46. The minimum Gasteiger partial charge on any atom is -0.368 e. The standard InChI is InChI=1S/C23H18F2N6O2/c24-18-5-3-15(9-19(18)25)12-31-13-27-11-17(22(31)33)21(32)28-7-1-2-14-4-6-20-16(8-14)10-29-23(26)30-20/h1-6,8-11,13H,7,12H2,(H,28,32)(H2,26,29,30). The quantitative estimate of drug-likeness (QED) is 0.468. The van der Waals surface area contributed by atoms with Gasteiger partial charge in [-0.1, -0.05) is 24.3 Å². The fourth-order valence-electron chi connectivity index (χ4n) is 3.17. The molecule has 0 aliphatic carbocycles. The maximum atomic E-state index is 13.4. The minimum absolute atomic E-state index is 0.0542. The van der Waals surface area contributed by atoms with Gasteiger partial charge in [0.05, 0.1) is 18.4 Å². The first-order valence-corrected chi connectivity index (χ1v) is 9.86. The van der Waals surface area contributed by atoms with Crippen LogP contribution in [0.15, 0.2) is 66.0 Å². The Morgan fingerprint density at radius 1 is 1.12 bits per heavy atom. The summed E-state index contributed by atoms with van der Waals surface area (Å²) in [5.74, 6) is -2.39. The van der Waals surface area contributed by atoms with Crippen molar-refractivity contribution in [3.63, 3.8) is 0 Å². The molecule has 2 aromatic carbocycles. The number of halogens is 2. The number of carbonyl (C=O) groups excluding carboxylic acids is 1. The van der Waals surface area contributed by atoms with E-state index in [9.17, 15) is 18.4 Å². The monoisotopic (exact) mass is 448 g/mol. The molecule has 0 fully saturated rings. The van der Waals surface area contributed by atoms with E-state index < -0.39 is 23.1 Å². The Kier molecular flexibility index (Phi) is 6.16. The van der Waals surface area contributed by atoms with Gasteiger partial charge < -0.3 is 11.1 Å². The number of amides is 1. The van der Waals surface area contributed by atoms with Crippen molar-refractivity contribution >= 4 is 28.8 Å². The SMILES string of the molecule is Nc1ncc2cc(C=CCNC(=O)c3cncn(Cc4ccc(F)c(F)c4)c3=O)ccc2n1. The van der Waals surface area contributed by atoms with Crippen molar-refractivity contribution in [1.82, 2.24) is 24.8 Å². The van der Waals surface area contributed by atoms with Crippen molar-refractivity contribution in [2.24, 2.45) is 0 Å². The number of aromatic nitrogens is 4. The average Bonchev–Trinajstić information content (AvgIpc) is 2.80. The van der Waals surface area contributed by atoms with Crippen LogP contribution in [-0.4, -0.2) is 32.0 Å². The highest BCUT2D eigenvalue weighted by Gasteiger charge is 2.13. The molecule has 0 radical (unpaired) electrons. The van der Waals surface area contributed by atoms with Gasteiger partial charge in [0.15, 0.2) is 11.6 Å². The highest BCUT2D eigenvalue weighted by Crippen LogP contribution is 2.15. The van der Waals surface area contributed by atoms with Crippen LogP contribution < -0.4 is 16.6 Å². The fraction of sp³-hybridized carbons (Fsp3) is 0.0870. The molecule has 8 nitrogen and oxygen atoms in total. The number of nitrogens with one attached hydrogen (secondary N) is 1. The number of anilines is 1. The maximum absolute atomic E-state index is 13.4. The van der Waals surface area contributed by atoms with E-state index in [1.807, 2.05) is 18.2 Å². The first-order chi connectivity index (χ1) is 15.9. The van der Waals surface area contributed by atoms with E-state index in [2.05, 4.69) is 20.3 Å². The van der Waals surface area contributed by atoms with Gasteiger partial charge in [0.2, 0.25) is 5.95 Å². The lowest BCUT2D eigenvalue weighted by molar-refractivity contribution is 0.0955. The predicted octanol–water partition coefficient (Wildman–Crippen LogP) is 2.54. The van der Waals surface area contributed by atoms with E-state index in [1.165, 1.54) is 12.4 Å². The number of hydrogen-bond acceptors (Lipinski definition) is 6. The number of hydrogen-bond donors (Lipinski definition) is 2. The summed E-state index contributed by atoms with van der Waals surface area (Å²) in [6, 6.07) is 8.88. The molecule has 0 spiro atoms. The van der Waals surface area contributed by atoms with Crippen LogP contribution in [0.1, 0.15) is 21.5 Å². The third kappa shape index (κ3) is 5.06. The summed E-state index contributed by atoms with van der Waals surface area (Å²) in [7, 11) is 0. The minimum atomic E-state index is -1.02. The van der Waals surface area contributed by atoms with Gasteiger partial charge in [0, 0.05) is 24.3 Å².